The van der Waals surface area contributed by atoms with Gasteiger partial charge in [0.05, 0.1) is 12.7 Å². The van der Waals surface area contributed by atoms with Crippen LogP contribution in [0.15, 0.2) is 6.20 Å². The van der Waals surface area contributed by atoms with Crippen molar-refractivity contribution >= 4 is 0 Å². The molecule has 1 N–H and O–H groups in total. The molecule has 5 nitrogen and oxygen atoms in total. The number of nitrogens with zero attached hydrogens (tertiary/aromatic N) is 4. The number of likely N-dealkylation sites (N-methyl/N-ethyl adjacent to an activating group) is 1. The van der Waals surface area contributed by atoms with Crippen molar-refractivity contribution in [2.45, 2.75) is 26.0 Å². The van der Waals surface area contributed by atoms with Gasteiger partial charge in [0.15, 0.2) is 0 Å². The van der Waals surface area contributed by atoms with E-state index in [4.69, 9.17) is 0 Å². The van der Waals surface area contributed by atoms with E-state index in [0.29, 0.717) is 5.69 Å². The molecule has 0 bridgehead atoms. The molecule has 0 radical (unpaired) electrons. The van der Waals surface area contributed by atoms with Gasteiger partial charge < -0.3 is 10.0 Å². The molecule has 1 aromatic heterocycles. The van der Waals surface area contributed by atoms with Gasteiger partial charge in [0, 0.05) is 6.54 Å². The van der Waals surface area contributed by atoms with Crippen LogP contribution in [0, 0.1) is 0 Å². The van der Waals surface area contributed by atoms with E-state index in [2.05, 4.69) is 15.2 Å². The number of hydrogen-bond donors (Lipinski definition) is 1. The summed E-state index contributed by atoms with van der Waals surface area (Å²) in [5.74, 6) is 0. The van der Waals surface area contributed by atoms with Gasteiger partial charge in [0.1, 0.15) is 11.3 Å². The topological polar surface area (TPSA) is 54.2 Å². The van der Waals surface area contributed by atoms with Crippen molar-refractivity contribution in [3.8, 4) is 0 Å². The van der Waals surface area contributed by atoms with Gasteiger partial charge in [-0.05, 0) is 27.9 Å². The minimum Gasteiger partial charge on any atom is -0.384 e. The predicted octanol–water partition coefficient (Wildman–Crippen LogP) is 0.0671. The Hall–Kier alpha value is -0.940. The normalized spacial score (nSPS) is 12.4. The summed E-state index contributed by atoms with van der Waals surface area (Å²) < 4.78 is 1.74. The molecule has 0 aromatic carbocycles. The molecule has 0 aliphatic carbocycles. The van der Waals surface area contributed by atoms with Crippen LogP contribution in [0.1, 0.15) is 19.5 Å². The molecule has 0 spiro atoms. The Bertz CT molecular complexity index is 287. The van der Waals surface area contributed by atoms with E-state index < -0.39 is 5.60 Å². The van der Waals surface area contributed by atoms with Gasteiger partial charge >= 0.3 is 0 Å². The summed E-state index contributed by atoms with van der Waals surface area (Å²) in [7, 11) is 4.02. The zero-order valence-corrected chi connectivity index (χ0v) is 9.23. The van der Waals surface area contributed by atoms with Crippen molar-refractivity contribution in [3.63, 3.8) is 0 Å². The SMILES string of the molecule is CN(C)CCn1cc(C(C)(C)O)nn1. The van der Waals surface area contributed by atoms with E-state index in [9.17, 15) is 5.11 Å². The molecule has 5 heteroatoms. The van der Waals surface area contributed by atoms with Gasteiger partial charge in [-0.2, -0.15) is 0 Å². The molecule has 0 amide bonds. The summed E-state index contributed by atoms with van der Waals surface area (Å²) in [4.78, 5) is 2.07. The Morgan fingerprint density at radius 3 is 2.57 bits per heavy atom. The molecule has 80 valence electrons. The highest BCUT2D eigenvalue weighted by Gasteiger charge is 2.19. The van der Waals surface area contributed by atoms with Crippen LogP contribution in [-0.4, -0.2) is 45.6 Å². The summed E-state index contributed by atoms with van der Waals surface area (Å²) >= 11 is 0. The zero-order chi connectivity index (χ0) is 10.8. The van der Waals surface area contributed by atoms with Crippen LogP contribution in [0.5, 0.6) is 0 Å². The maximum absolute atomic E-state index is 9.65. The number of hydrogen-bond acceptors (Lipinski definition) is 4. The number of aromatic nitrogens is 3. The molecule has 0 aliphatic rings. The fraction of sp³-hybridized carbons (Fsp3) is 0.778. The molecule has 0 saturated carbocycles. The predicted molar refractivity (Wildman–Crippen MR) is 53.8 cm³/mol. The first kappa shape index (κ1) is 11.1. The smallest absolute Gasteiger partial charge is 0.114 e. The molecule has 1 heterocycles. The fourth-order valence-corrected chi connectivity index (χ4v) is 0.990. The van der Waals surface area contributed by atoms with Crippen molar-refractivity contribution < 1.29 is 5.11 Å². The van der Waals surface area contributed by atoms with Gasteiger partial charge in [-0.3, -0.25) is 4.68 Å². The largest absolute Gasteiger partial charge is 0.384 e. The second-order valence-corrected chi connectivity index (χ2v) is 4.23. The minimum absolute atomic E-state index is 0.608. The van der Waals surface area contributed by atoms with E-state index >= 15 is 0 Å². The van der Waals surface area contributed by atoms with Gasteiger partial charge in [0.25, 0.3) is 0 Å². The average Bonchev–Trinajstić information content (AvgIpc) is 2.47. The van der Waals surface area contributed by atoms with Gasteiger partial charge in [-0.25, -0.2) is 0 Å². The van der Waals surface area contributed by atoms with Gasteiger partial charge in [-0.1, -0.05) is 5.21 Å². The van der Waals surface area contributed by atoms with Gasteiger partial charge in [0.2, 0.25) is 0 Å². The van der Waals surface area contributed by atoms with Crippen molar-refractivity contribution in [1.82, 2.24) is 19.9 Å². The Labute approximate surface area is 84.3 Å². The third kappa shape index (κ3) is 3.08. The van der Waals surface area contributed by atoms with Crippen molar-refractivity contribution in [3.05, 3.63) is 11.9 Å². The van der Waals surface area contributed by atoms with Gasteiger partial charge in [-0.15, -0.1) is 5.10 Å². The second-order valence-electron chi connectivity index (χ2n) is 4.23. The van der Waals surface area contributed by atoms with Crippen LogP contribution in [0.2, 0.25) is 0 Å². The molecule has 0 fully saturated rings. The third-order valence-electron chi connectivity index (χ3n) is 1.94. The summed E-state index contributed by atoms with van der Waals surface area (Å²) in [6.45, 7) is 5.10. The van der Waals surface area contributed by atoms with Crippen LogP contribution < -0.4 is 0 Å². The molecule has 14 heavy (non-hydrogen) atoms. The van der Waals surface area contributed by atoms with Crippen LogP contribution in [-0.2, 0) is 12.1 Å². The quantitative estimate of drug-likeness (QED) is 0.743. The van der Waals surface area contributed by atoms with E-state index in [1.165, 1.54) is 0 Å². The maximum Gasteiger partial charge on any atom is 0.114 e. The summed E-state index contributed by atoms with van der Waals surface area (Å²) in [6.07, 6.45) is 1.78. The van der Waals surface area contributed by atoms with Crippen LogP contribution in [0.25, 0.3) is 0 Å². The Morgan fingerprint density at radius 1 is 1.50 bits per heavy atom. The Morgan fingerprint density at radius 2 is 2.14 bits per heavy atom. The number of aliphatic hydroxyl groups is 1. The van der Waals surface area contributed by atoms with Crippen molar-refractivity contribution in [2.24, 2.45) is 0 Å². The monoisotopic (exact) mass is 198 g/mol. The van der Waals surface area contributed by atoms with Crippen LogP contribution >= 0.6 is 0 Å². The molecule has 0 aliphatic heterocycles. The molecular weight excluding hydrogens is 180 g/mol. The Kier molecular flexibility index (Phi) is 3.23. The summed E-state index contributed by atoms with van der Waals surface area (Å²) in [5, 5.41) is 17.5. The summed E-state index contributed by atoms with van der Waals surface area (Å²) in [6, 6.07) is 0. The van der Waals surface area contributed by atoms with Crippen molar-refractivity contribution in [1.29, 1.82) is 0 Å². The highest BCUT2D eigenvalue weighted by atomic mass is 16.3. The molecule has 0 saturated heterocycles. The fourth-order valence-electron chi connectivity index (χ4n) is 0.990. The molecule has 1 aromatic rings. The molecule has 0 unspecified atom stereocenters. The zero-order valence-electron chi connectivity index (χ0n) is 9.23. The van der Waals surface area contributed by atoms with E-state index in [0.717, 1.165) is 13.1 Å². The first-order chi connectivity index (χ1) is 6.39. The lowest BCUT2D eigenvalue weighted by molar-refractivity contribution is 0.0737. The maximum atomic E-state index is 9.65. The third-order valence-corrected chi connectivity index (χ3v) is 1.94. The lowest BCUT2D eigenvalue weighted by Gasteiger charge is -2.12. The average molecular weight is 198 g/mol. The lowest BCUT2D eigenvalue weighted by Crippen LogP contribution is -2.19. The highest BCUT2D eigenvalue weighted by molar-refractivity contribution is 5.02. The first-order valence-electron chi connectivity index (χ1n) is 4.67. The molecular formula is C9H18N4O. The van der Waals surface area contributed by atoms with Crippen LogP contribution in [0.3, 0.4) is 0 Å². The van der Waals surface area contributed by atoms with E-state index in [1.54, 1.807) is 24.7 Å². The molecule has 0 atom stereocenters. The van der Waals surface area contributed by atoms with E-state index in [-0.39, 0.29) is 0 Å². The highest BCUT2D eigenvalue weighted by Crippen LogP contribution is 2.15. The Balaban J connectivity index is 2.60. The molecule has 1 rings (SSSR count). The van der Waals surface area contributed by atoms with Crippen LogP contribution in [0.4, 0.5) is 0 Å². The first-order valence-corrected chi connectivity index (χ1v) is 4.67. The summed E-state index contributed by atoms with van der Waals surface area (Å²) in [5.41, 5.74) is -0.299. The number of rotatable bonds is 4. The van der Waals surface area contributed by atoms with Crippen molar-refractivity contribution in [2.75, 3.05) is 20.6 Å². The minimum atomic E-state index is -0.906. The standard InChI is InChI=1S/C9H18N4O/c1-9(2,14)8-7-13(11-10-8)6-5-12(3)4/h7,14H,5-6H2,1-4H3. The second kappa shape index (κ2) is 4.06. The van der Waals surface area contributed by atoms with E-state index in [1.807, 2.05) is 14.1 Å². The lowest BCUT2D eigenvalue weighted by atomic mass is 10.1.